The third kappa shape index (κ3) is 2.03. The zero-order valence-corrected chi connectivity index (χ0v) is 10.9. The third-order valence-electron chi connectivity index (χ3n) is 3.10. The van der Waals surface area contributed by atoms with Gasteiger partial charge in [-0.3, -0.25) is 0 Å². The van der Waals surface area contributed by atoms with Crippen molar-refractivity contribution in [3.63, 3.8) is 0 Å². The van der Waals surface area contributed by atoms with Crippen LogP contribution in [0.15, 0.2) is 34.9 Å². The summed E-state index contributed by atoms with van der Waals surface area (Å²) in [7, 11) is 0. The average molecular weight is 293 g/mol. The highest BCUT2D eigenvalue weighted by Crippen LogP contribution is 2.28. The summed E-state index contributed by atoms with van der Waals surface area (Å²) < 4.78 is 3.10. The van der Waals surface area contributed by atoms with Crippen LogP contribution in [0.2, 0.25) is 0 Å². The van der Waals surface area contributed by atoms with Gasteiger partial charge in [0.2, 0.25) is 0 Å². The first kappa shape index (κ1) is 11.0. The van der Waals surface area contributed by atoms with Gasteiger partial charge in [0.1, 0.15) is 11.9 Å². The van der Waals surface area contributed by atoms with E-state index in [9.17, 15) is 5.11 Å². The predicted molar refractivity (Wildman–Crippen MR) is 69.6 cm³/mol. The third-order valence-corrected chi connectivity index (χ3v) is 3.60. The van der Waals surface area contributed by atoms with Crippen LogP contribution in [-0.2, 0) is 6.54 Å². The summed E-state index contributed by atoms with van der Waals surface area (Å²) in [6.07, 6.45) is 3.45. The Kier molecular flexibility index (Phi) is 2.76. The minimum Gasteiger partial charge on any atom is -0.385 e. The molecule has 1 aromatic heterocycles. The standard InChI is InChI=1S/C13H13BrN2O/c14-10-4-1-3-9(7-10)11-8-16-6-2-5-12(17)13(16)15-11/h1,3-4,7-8,12,17H,2,5-6H2/t12-/m1/s1. The van der Waals surface area contributed by atoms with Crippen LogP contribution < -0.4 is 0 Å². The van der Waals surface area contributed by atoms with Gasteiger partial charge in [0.15, 0.2) is 0 Å². The number of fused-ring (bicyclic) bond motifs is 1. The van der Waals surface area contributed by atoms with Gasteiger partial charge in [0, 0.05) is 22.8 Å². The lowest BCUT2D eigenvalue weighted by molar-refractivity contribution is 0.134. The molecule has 1 N–H and O–H groups in total. The van der Waals surface area contributed by atoms with E-state index in [4.69, 9.17) is 0 Å². The summed E-state index contributed by atoms with van der Waals surface area (Å²) in [5.41, 5.74) is 2.01. The van der Waals surface area contributed by atoms with Crippen molar-refractivity contribution >= 4 is 15.9 Å². The van der Waals surface area contributed by atoms with E-state index in [-0.39, 0.29) is 0 Å². The maximum Gasteiger partial charge on any atom is 0.138 e. The number of benzene rings is 1. The molecule has 0 saturated carbocycles. The van der Waals surface area contributed by atoms with Crippen molar-refractivity contribution in [3.05, 3.63) is 40.8 Å². The molecule has 2 aromatic rings. The van der Waals surface area contributed by atoms with Crippen molar-refractivity contribution in [1.82, 2.24) is 9.55 Å². The topological polar surface area (TPSA) is 38.0 Å². The van der Waals surface area contributed by atoms with Crippen LogP contribution in [0.5, 0.6) is 0 Å². The fraction of sp³-hybridized carbons (Fsp3) is 0.308. The highest BCUT2D eigenvalue weighted by molar-refractivity contribution is 9.10. The second-order valence-corrected chi connectivity index (χ2v) is 5.26. The Morgan fingerprint density at radius 2 is 2.29 bits per heavy atom. The molecule has 1 atom stereocenters. The van der Waals surface area contributed by atoms with Gasteiger partial charge in [-0.1, -0.05) is 28.1 Å². The van der Waals surface area contributed by atoms with Gasteiger partial charge < -0.3 is 9.67 Å². The summed E-state index contributed by atoms with van der Waals surface area (Å²) in [6.45, 7) is 0.952. The molecule has 0 saturated heterocycles. The molecular formula is C13H13BrN2O. The van der Waals surface area contributed by atoms with Crippen molar-refractivity contribution in [2.45, 2.75) is 25.5 Å². The van der Waals surface area contributed by atoms with Crippen molar-refractivity contribution in [1.29, 1.82) is 0 Å². The summed E-state index contributed by atoms with van der Waals surface area (Å²) in [6, 6.07) is 8.06. The van der Waals surface area contributed by atoms with E-state index in [1.165, 1.54) is 0 Å². The van der Waals surface area contributed by atoms with E-state index in [0.29, 0.717) is 0 Å². The Labute approximate surface area is 108 Å². The number of hydrogen-bond donors (Lipinski definition) is 1. The van der Waals surface area contributed by atoms with E-state index < -0.39 is 6.10 Å². The molecule has 0 unspecified atom stereocenters. The van der Waals surface area contributed by atoms with Crippen LogP contribution in [0.25, 0.3) is 11.3 Å². The zero-order chi connectivity index (χ0) is 11.8. The van der Waals surface area contributed by atoms with Crippen molar-refractivity contribution in [2.24, 2.45) is 0 Å². The molecule has 1 aliphatic rings. The highest BCUT2D eigenvalue weighted by Gasteiger charge is 2.20. The van der Waals surface area contributed by atoms with E-state index in [1.54, 1.807) is 0 Å². The summed E-state index contributed by atoms with van der Waals surface area (Å²) in [4.78, 5) is 4.54. The summed E-state index contributed by atoms with van der Waals surface area (Å²) in [5, 5.41) is 9.88. The molecule has 0 amide bonds. The lowest BCUT2D eigenvalue weighted by atomic mass is 10.1. The molecule has 17 heavy (non-hydrogen) atoms. The van der Waals surface area contributed by atoms with Gasteiger partial charge in [0.25, 0.3) is 0 Å². The van der Waals surface area contributed by atoms with Crippen LogP contribution in [0.4, 0.5) is 0 Å². The summed E-state index contributed by atoms with van der Waals surface area (Å²) in [5.74, 6) is 0.797. The van der Waals surface area contributed by atoms with Crippen LogP contribution in [-0.4, -0.2) is 14.7 Å². The smallest absolute Gasteiger partial charge is 0.138 e. The molecule has 1 aromatic carbocycles. The first-order valence-corrected chi connectivity index (χ1v) is 6.54. The van der Waals surface area contributed by atoms with Crippen molar-refractivity contribution < 1.29 is 5.11 Å². The van der Waals surface area contributed by atoms with Gasteiger partial charge in [-0.05, 0) is 25.0 Å². The molecule has 0 spiro atoms. The minimum absolute atomic E-state index is 0.412. The minimum atomic E-state index is -0.412. The Balaban J connectivity index is 2.05. The number of aliphatic hydroxyl groups excluding tert-OH is 1. The number of aryl methyl sites for hydroxylation is 1. The van der Waals surface area contributed by atoms with E-state index in [1.807, 2.05) is 30.5 Å². The Hall–Kier alpha value is -1.13. The molecular weight excluding hydrogens is 280 g/mol. The van der Waals surface area contributed by atoms with E-state index >= 15 is 0 Å². The molecule has 0 fully saturated rings. The SMILES string of the molecule is O[C@@H]1CCCn2cc(-c3cccc(Br)c3)nc21. The molecule has 88 valence electrons. The van der Waals surface area contributed by atoms with Crippen LogP contribution in [0.3, 0.4) is 0 Å². The fourth-order valence-corrected chi connectivity index (χ4v) is 2.65. The number of aliphatic hydroxyl groups is 1. The zero-order valence-electron chi connectivity index (χ0n) is 9.31. The lowest BCUT2D eigenvalue weighted by Crippen LogP contribution is -2.14. The van der Waals surface area contributed by atoms with Crippen molar-refractivity contribution in [2.75, 3.05) is 0 Å². The maximum absolute atomic E-state index is 9.88. The monoisotopic (exact) mass is 292 g/mol. The van der Waals surface area contributed by atoms with Gasteiger partial charge in [-0.2, -0.15) is 0 Å². The van der Waals surface area contributed by atoms with Gasteiger partial charge >= 0.3 is 0 Å². The normalized spacial score (nSPS) is 19.1. The maximum atomic E-state index is 9.88. The van der Waals surface area contributed by atoms with Crippen LogP contribution >= 0.6 is 15.9 Å². The van der Waals surface area contributed by atoms with Crippen molar-refractivity contribution in [3.8, 4) is 11.3 Å². The first-order chi connectivity index (χ1) is 8.24. The number of nitrogens with zero attached hydrogens (tertiary/aromatic N) is 2. The van der Waals surface area contributed by atoms with Gasteiger partial charge in [-0.15, -0.1) is 0 Å². The second-order valence-electron chi connectivity index (χ2n) is 4.35. The highest BCUT2D eigenvalue weighted by atomic mass is 79.9. The van der Waals surface area contributed by atoms with Gasteiger partial charge in [-0.25, -0.2) is 4.98 Å². The number of imidazole rings is 1. The first-order valence-electron chi connectivity index (χ1n) is 5.75. The Bertz CT molecular complexity index is 550. The molecule has 0 bridgehead atoms. The number of aromatic nitrogens is 2. The van der Waals surface area contributed by atoms with Crippen LogP contribution in [0, 0.1) is 0 Å². The fourth-order valence-electron chi connectivity index (χ4n) is 2.25. The lowest BCUT2D eigenvalue weighted by Gasteiger charge is -2.18. The average Bonchev–Trinajstić information content (AvgIpc) is 2.74. The van der Waals surface area contributed by atoms with E-state index in [0.717, 1.165) is 40.9 Å². The van der Waals surface area contributed by atoms with Crippen LogP contribution in [0.1, 0.15) is 24.8 Å². The molecule has 0 radical (unpaired) electrons. The number of rotatable bonds is 1. The van der Waals surface area contributed by atoms with Gasteiger partial charge in [0.05, 0.1) is 5.69 Å². The second kappa shape index (κ2) is 4.27. The molecule has 4 heteroatoms. The largest absolute Gasteiger partial charge is 0.385 e. The Morgan fingerprint density at radius 1 is 1.41 bits per heavy atom. The quantitative estimate of drug-likeness (QED) is 0.877. The van der Waals surface area contributed by atoms with E-state index in [2.05, 4.69) is 25.5 Å². The number of halogens is 1. The molecule has 2 heterocycles. The molecule has 0 aliphatic carbocycles. The molecule has 1 aliphatic heterocycles. The predicted octanol–water partition coefficient (Wildman–Crippen LogP) is 3.14. The molecule has 3 rings (SSSR count). The molecule has 3 nitrogen and oxygen atoms in total. The summed E-state index contributed by atoms with van der Waals surface area (Å²) >= 11 is 3.46. The Morgan fingerprint density at radius 3 is 3.06 bits per heavy atom. The number of hydrogen-bond acceptors (Lipinski definition) is 2.